The maximum Gasteiger partial charge on any atom is 0.268 e. The van der Waals surface area contributed by atoms with Crippen molar-refractivity contribution in [2.24, 2.45) is 7.05 Å². The molecule has 3 heterocycles. The van der Waals surface area contributed by atoms with Crippen molar-refractivity contribution in [2.75, 3.05) is 26.9 Å². The van der Waals surface area contributed by atoms with E-state index in [1.165, 1.54) is 11.3 Å². The van der Waals surface area contributed by atoms with Crippen molar-refractivity contribution in [3.05, 3.63) is 33.3 Å². The number of morpholine rings is 1. The number of ether oxygens (including phenoxy) is 2. The fourth-order valence-corrected chi connectivity index (χ4v) is 3.92. The van der Waals surface area contributed by atoms with Crippen LogP contribution in [-0.4, -0.2) is 47.5 Å². The first-order valence-electron chi connectivity index (χ1n) is 7.55. The zero-order valence-corrected chi connectivity index (χ0v) is 14.6. The predicted molar refractivity (Wildman–Crippen MR) is 88.1 cm³/mol. The highest BCUT2D eigenvalue weighted by molar-refractivity contribution is 7.12. The third kappa shape index (κ3) is 2.74. The first-order chi connectivity index (χ1) is 11.0. The SMILES string of the molecule is COc1ccsc1C(=O)N1CCOC[C@H]1c1c(C)nn(C)c1C. The zero-order chi connectivity index (χ0) is 16.6. The molecule has 1 saturated heterocycles. The van der Waals surface area contributed by atoms with Crippen LogP contribution < -0.4 is 4.74 Å². The van der Waals surface area contributed by atoms with E-state index in [4.69, 9.17) is 9.47 Å². The molecule has 1 fully saturated rings. The quantitative estimate of drug-likeness (QED) is 0.864. The Balaban J connectivity index is 1.97. The smallest absolute Gasteiger partial charge is 0.268 e. The largest absolute Gasteiger partial charge is 0.495 e. The van der Waals surface area contributed by atoms with Crippen molar-refractivity contribution in [2.45, 2.75) is 19.9 Å². The van der Waals surface area contributed by atoms with Crippen LogP contribution in [0.15, 0.2) is 11.4 Å². The van der Waals surface area contributed by atoms with Crippen LogP contribution in [0, 0.1) is 13.8 Å². The second-order valence-corrected chi connectivity index (χ2v) is 6.53. The summed E-state index contributed by atoms with van der Waals surface area (Å²) in [7, 11) is 3.51. The van der Waals surface area contributed by atoms with Crippen LogP contribution >= 0.6 is 11.3 Å². The van der Waals surface area contributed by atoms with Crippen molar-refractivity contribution in [1.82, 2.24) is 14.7 Å². The van der Waals surface area contributed by atoms with Gasteiger partial charge in [0.25, 0.3) is 5.91 Å². The van der Waals surface area contributed by atoms with Crippen LogP contribution in [0.1, 0.15) is 32.7 Å². The number of amides is 1. The van der Waals surface area contributed by atoms with Gasteiger partial charge in [0.15, 0.2) is 0 Å². The van der Waals surface area contributed by atoms with E-state index in [2.05, 4.69) is 5.10 Å². The predicted octanol–water partition coefficient (Wildman–Crippen LogP) is 2.32. The molecule has 1 aliphatic heterocycles. The molecule has 0 N–H and O–H groups in total. The maximum absolute atomic E-state index is 13.0. The van der Waals surface area contributed by atoms with Crippen molar-refractivity contribution in [1.29, 1.82) is 0 Å². The molecule has 124 valence electrons. The van der Waals surface area contributed by atoms with Crippen molar-refractivity contribution in [3.8, 4) is 5.75 Å². The average molecular weight is 335 g/mol. The van der Waals surface area contributed by atoms with Gasteiger partial charge < -0.3 is 14.4 Å². The highest BCUT2D eigenvalue weighted by Crippen LogP contribution is 2.33. The molecule has 0 bridgehead atoms. The first-order valence-corrected chi connectivity index (χ1v) is 8.42. The molecule has 1 amide bonds. The van der Waals surface area contributed by atoms with Gasteiger partial charge in [-0.1, -0.05) is 0 Å². The van der Waals surface area contributed by atoms with Gasteiger partial charge in [0.05, 0.1) is 32.1 Å². The molecule has 2 aromatic rings. The molecule has 2 aromatic heterocycles. The molecule has 0 aromatic carbocycles. The summed E-state index contributed by atoms with van der Waals surface area (Å²) in [6.45, 7) is 5.61. The fourth-order valence-electron chi connectivity index (χ4n) is 3.10. The molecule has 7 heteroatoms. The Kier molecular flexibility index (Phi) is 4.41. The number of carbonyl (C=O) groups is 1. The van der Waals surface area contributed by atoms with Gasteiger partial charge in [-0.05, 0) is 25.3 Å². The Labute approximate surface area is 139 Å². The Morgan fingerprint density at radius 2 is 2.26 bits per heavy atom. The summed E-state index contributed by atoms with van der Waals surface area (Å²) in [4.78, 5) is 15.5. The minimum Gasteiger partial charge on any atom is -0.495 e. The van der Waals surface area contributed by atoms with Crippen molar-refractivity contribution < 1.29 is 14.3 Å². The molecule has 0 spiro atoms. The van der Waals surface area contributed by atoms with Gasteiger partial charge in [0.1, 0.15) is 10.6 Å². The summed E-state index contributed by atoms with van der Waals surface area (Å²) >= 11 is 1.41. The van der Waals surface area contributed by atoms with E-state index in [0.717, 1.165) is 17.0 Å². The molecule has 6 nitrogen and oxygen atoms in total. The van der Waals surface area contributed by atoms with Crippen LogP contribution in [0.2, 0.25) is 0 Å². The highest BCUT2D eigenvalue weighted by Gasteiger charge is 2.34. The Morgan fingerprint density at radius 3 is 2.91 bits per heavy atom. The molecule has 0 aliphatic carbocycles. The monoisotopic (exact) mass is 335 g/mol. The second-order valence-electron chi connectivity index (χ2n) is 5.62. The topological polar surface area (TPSA) is 56.6 Å². The standard InChI is InChI=1S/C16H21N3O3S/c1-10-14(11(2)18(3)17-10)12-9-22-7-6-19(12)16(20)15-13(21-4)5-8-23-15/h5,8,12H,6-7,9H2,1-4H3/t12-/m0/s1. The van der Waals surface area contributed by atoms with E-state index in [1.807, 2.05) is 41.9 Å². The summed E-state index contributed by atoms with van der Waals surface area (Å²) in [6, 6.07) is 1.71. The number of thiophene rings is 1. The first kappa shape index (κ1) is 16.0. The van der Waals surface area contributed by atoms with E-state index in [0.29, 0.717) is 30.4 Å². The fraction of sp³-hybridized carbons (Fsp3) is 0.500. The lowest BCUT2D eigenvalue weighted by Crippen LogP contribution is -2.43. The third-order valence-electron chi connectivity index (χ3n) is 4.33. The maximum atomic E-state index is 13.0. The number of carbonyl (C=O) groups excluding carboxylic acids is 1. The summed E-state index contributed by atoms with van der Waals surface area (Å²) in [5, 5.41) is 6.35. The van der Waals surface area contributed by atoms with E-state index >= 15 is 0 Å². The zero-order valence-electron chi connectivity index (χ0n) is 13.8. The summed E-state index contributed by atoms with van der Waals surface area (Å²) < 4.78 is 12.8. The van der Waals surface area contributed by atoms with Crippen molar-refractivity contribution >= 4 is 17.2 Å². The van der Waals surface area contributed by atoms with Gasteiger partial charge in [0, 0.05) is 24.8 Å². The summed E-state index contributed by atoms with van der Waals surface area (Å²) in [5.41, 5.74) is 3.08. The third-order valence-corrected chi connectivity index (χ3v) is 5.21. The number of methoxy groups -OCH3 is 1. The molecule has 0 unspecified atom stereocenters. The van der Waals surface area contributed by atoms with Gasteiger partial charge in [-0.3, -0.25) is 9.48 Å². The summed E-state index contributed by atoms with van der Waals surface area (Å²) in [6.07, 6.45) is 0. The van der Waals surface area contributed by atoms with Gasteiger partial charge in [-0.25, -0.2) is 0 Å². The van der Waals surface area contributed by atoms with Crippen molar-refractivity contribution in [3.63, 3.8) is 0 Å². The van der Waals surface area contributed by atoms with Crippen LogP contribution in [0.25, 0.3) is 0 Å². The second kappa shape index (κ2) is 6.33. The van der Waals surface area contributed by atoms with E-state index in [9.17, 15) is 4.79 Å². The Morgan fingerprint density at radius 1 is 1.48 bits per heavy atom. The minimum atomic E-state index is -0.114. The van der Waals surface area contributed by atoms with Crippen LogP contribution in [0.5, 0.6) is 5.75 Å². The van der Waals surface area contributed by atoms with Gasteiger partial charge in [-0.15, -0.1) is 11.3 Å². The lowest BCUT2D eigenvalue weighted by molar-refractivity contribution is -0.00291. The minimum absolute atomic E-state index is 0.00666. The Bertz CT molecular complexity index is 722. The number of aromatic nitrogens is 2. The lowest BCUT2D eigenvalue weighted by Gasteiger charge is -2.36. The molecular formula is C16H21N3O3S. The molecular weight excluding hydrogens is 314 g/mol. The van der Waals surface area contributed by atoms with E-state index < -0.39 is 0 Å². The van der Waals surface area contributed by atoms with E-state index in [1.54, 1.807) is 7.11 Å². The van der Waals surface area contributed by atoms with E-state index in [-0.39, 0.29) is 11.9 Å². The normalized spacial score (nSPS) is 18.3. The summed E-state index contributed by atoms with van der Waals surface area (Å²) in [5.74, 6) is 0.623. The van der Waals surface area contributed by atoms with Crippen LogP contribution in [0.4, 0.5) is 0 Å². The van der Waals surface area contributed by atoms with Gasteiger partial charge in [0.2, 0.25) is 0 Å². The molecule has 0 saturated carbocycles. The molecule has 0 radical (unpaired) electrons. The van der Waals surface area contributed by atoms with Gasteiger partial charge in [-0.2, -0.15) is 5.10 Å². The number of nitrogens with zero attached hydrogens (tertiary/aromatic N) is 3. The highest BCUT2D eigenvalue weighted by atomic mass is 32.1. The lowest BCUT2D eigenvalue weighted by atomic mass is 10.0. The molecule has 23 heavy (non-hydrogen) atoms. The number of hydrogen-bond donors (Lipinski definition) is 0. The molecule has 1 atom stereocenters. The van der Waals surface area contributed by atoms with Crippen LogP contribution in [-0.2, 0) is 11.8 Å². The average Bonchev–Trinajstić information content (AvgIpc) is 3.12. The number of rotatable bonds is 3. The van der Waals surface area contributed by atoms with Crippen LogP contribution in [0.3, 0.4) is 0 Å². The number of aryl methyl sites for hydroxylation is 2. The Hall–Kier alpha value is -1.86. The molecule has 3 rings (SSSR count). The molecule has 1 aliphatic rings. The number of hydrogen-bond acceptors (Lipinski definition) is 5. The van der Waals surface area contributed by atoms with Gasteiger partial charge >= 0.3 is 0 Å².